The van der Waals surface area contributed by atoms with Crippen LogP contribution in [0.1, 0.15) is 27.0 Å². The first-order valence-electron chi connectivity index (χ1n) is 10.9. The van der Waals surface area contributed by atoms with Crippen LogP contribution in [0.15, 0.2) is 66.7 Å². The summed E-state index contributed by atoms with van der Waals surface area (Å²) in [6.45, 7) is 4.72. The number of hydrogen-bond acceptors (Lipinski definition) is 5. The third kappa shape index (κ3) is 6.51. The molecule has 34 heavy (non-hydrogen) atoms. The van der Waals surface area contributed by atoms with Crippen LogP contribution >= 0.6 is 0 Å². The Hall–Kier alpha value is -3.52. The maximum Gasteiger partial charge on any atom is 0.251 e. The number of carbonyl (C=O) groups excluding carboxylic acids is 1. The maximum atomic E-state index is 12.5. The summed E-state index contributed by atoms with van der Waals surface area (Å²) >= 11 is 0. The van der Waals surface area contributed by atoms with E-state index >= 15 is 0 Å². The lowest BCUT2D eigenvalue weighted by molar-refractivity contribution is 0.0947. The minimum absolute atomic E-state index is 0.181. The van der Waals surface area contributed by atoms with Crippen molar-refractivity contribution in [1.82, 2.24) is 5.32 Å². The summed E-state index contributed by atoms with van der Waals surface area (Å²) < 4.78 is 37.1. The number of hydrogen-bond donors (Lipinski definition) is 1. The predicted molar refractivity (Wildman–Crippen MR) is 134 cm³/mol. The summed E-state index contributed by atoms with van der Waals surface area (Å²) in [6.07, 6.45) is 1.20. The van der Waals surface area contributed by atoms with Crippen LogP contribution in [-0.2, 0) is 16.6 Å². The Morgan fingerprint density at radius 3 is 2.21 bits per heavy atom. The van der Waals surface area contributed by atoms with Crippen LogP contribution < -0.4 is 19.1 Å². The molecule has 0 saturated heterocycles. The van der Waals surface area contributed by atoms with Crippen LogP contribution in [-0.4, -0.2) is 40.8 Å². The van der Waals surface area contributed by atoms with Crippen molar-refractivity contribution < 1.29 is 22.7 Å². The molecule has 0 bridgehead atoms. The number of carbonyl (C=O) groups is 1. The Morgan fingerprint density at radius 2 is 1.59 bits per heavy atom. The number of benzene rings is 3. The molecule has 0 aliphatic heterocycles. The van der Waals surface area contributed by atoms with E-state index in [1.54, 1.807) is 61.7 Å². The normalized spacial score (nSPS) is 11.1. The van der Waals surface area contributed by atoms with E-state index in [0.29, 0.717) is 30.2 Å². The number of anilines is 1. The number of ether oxygens (including phenoxy) is 2. The molecule has 3 aromatic rings. The number of nitrogens with zero attached hydrogens (tertiary/aromatic N) is 1. The van der Waals surface area contributed by atoms with Gasteiger partial charge in [0.1, 0.15) is 18.1 Å². The van der Waals surface area contributed by atoms with Gasteiger partial charge in [0.2, 0.25) is 10.0 Å². The minimum atomic E-state index is -3.49. The van der Waals surface area contributed by atoms with Crippen LogP contribution in [0, 0.1) is 13.8 Å². The standard InChI is InChI=1S/C26H30N2O5S/c1-19-6-5-7-25(20(19)2)28(34(4,30)31)18-21-8-10-22(11-9-21)26(29)27-16-17-33-24-14-12-23(32-3)13-15-24/h5-15H,16-18H2,1-4H3,(H,27,29). The Balaban J connectivity index is 1.58. The van der Waals surface area contributed by atoms with Gasteiger partial charge in [-0.1, -0.05) is 24.3 Å². The van der Waals surface area contributed by atoms with Gasteiger partial charge in [0.15, 0.2) is 0 Å². The van der Waals surface area contributed by atoms with Gasteiger partial charge in [0.05, 0.1) is 32.1 Å². The Bertz CT molecular complexity index is 1220. The van der Waals surface area contributed by atoms with Crippen LogP contribution in [0.3, 0.4) is 0 Å². The molecule has 0 aliphatic rings. The highest BCUT2D eigenvalue weighted by Crippen LogP contribution is 2.26. The maximum absolute atomic E-state index is 12.5. The van der Waals surface area contributed by atoms with E-state index in [2.05, 4.69) is 5.32 Å². The average molecular weight is 483 g/mol. The number of sulfonamides is 1. The molecule has 0 aliphatic carbocycles. The lowest BCUT2D eigenvalue weighted by atomic mass is 10.1. The largest absolute Gasteiger partial charge is 0.497 e. The Labute approximate surface area is 201 Å². The van der Waals surface area contributed by atoms with Gasteiger partial charge in [0, 0.05) is 5.56 Å². The highest BCUT2D eigenvalue weighted by Gasteiger charge is 2.20. The molecular weight excluding hydrogens is 452 g/mol. The quantitative estimate of drug-likeness (QED) is 0.440. The second kappa shape index (κ2) is 11.1. The third-order valence-corrected chi connectivity index (χ3v) is 6.63. The van der Waals surface area contributed by atoms with Gasteiger partial charge in [-0.25, -0.2) is 8.42 Å². The van der Waals surface area contributed by atoms with Crippen LogP contribution in [0.25, 0.3) is 0 Å². The summed E-state index contributed by atoms with van der Waals surface area (Å²) in [5, 5.41) is 2.82. The van der Waals surface area contributed by atoms with Crippen molar-refractivity contribution in [1.29, 1.82) is 0 Å². The monoisotopic (exact) mass is 482 g/mol. The minimum Gasteiger partial charge on any atom is -0.497 e. The summed E-state index contributed by atoms with van der Waals surface area (Å²) in [5.41, 5.74) is 3.87. The first kappa shape index (κ1) is 25.1. The fraction of sp³-hybridized carbons (Fsp3) is 0.269. The van der Waals surface area contributed by atoms with E-state index < -0.39 is 10.0 Å². The third-order valence-electron chi connectivity index (χ3n) is 5.50. The highest BCUT2D eigenvalue weighted by molar-refractivity contribution is 7.92. The molecule has 0 aromatic heterocycles. The molecule has 3 rings (SSSR count). The zero-order valence-corrected chi connectivity index (χ0v) is 20.7. The van der Waals surface area contributed by atoms with E-state index in [4.69, 9.17) is 9.47 Å². The van der Waals surface area contributed by atoms with Gasteiger partial charge < -0.3 is 14.8 Å². The molecule has 1 amide bonds. The fourth-order valence-corrected chi connectivity index (χ4v) is 4.36. The molecule has 0 fully saturated rings. The highest BCUT2D eigenvalue weighted by atomic mass is 32.2. The van der Waals surface area contributed by atoms with Crippen LogP contribution in [0.5, 0.6) is 11.5 Å². The molecule has 1 N–H and O–H groups in total. The van der Waals surface area contributed by atoms with Crippen molar-refractivity contribution in [3.63, 3.8) is 0 Å². The summed E-state index contributed by atoms with van der Waals surface area (Å²) in [5.74, 6) is 1.22. The molecular formula is C26H30N2O5S. The first-order valence-corrected chi connectivity index (χ1v) is 12.7. The van der Waals surface area contributed by atoms with Gasteiger partial charge in [0.25, 0.3) is 5.91 Å². The zero-order valence-electron chi connectivity index (χ0n) is 19.9. The van der Waals surface area contributed by atoms with Crippen molar-refractivity contribution >= 4 is 21.6 Å². The summed E-state index contributed by atoms with van der Waals surface area (Å²) in [6, 6.07) is 19.8. The summed E-state index contributed by atoms with van der Waals surface area (Å²) in [4.78, 5) is 12.4. The molecule has 0 atom stereocenters. The Morgan fingerprint density at radius 1 is 0.941 bits per heavy atom. The second-order valence-electron chi connectivity index (χ2n) is 7.97. The summed E-state index contributed by atoms with van der Waals surface area (Å²) in [7, 11) is -1.89. The lowest BCUT2D eigenvalue weighted by Crippen LogP contribution is -2.30. The molecule has 0 unspecified atom stereocenters. The van der Waals surface area contributed by atoms with Crippen molar-refractivity contribution in [2.45, 2.75) is 20.4 Å². The molecule has 7 nitrogen and oxygen atoms in total. The molecule has 0 saturated carbocycles. The number of rotatable bonds is 10. The number of amides is 1. The lowest BCUT2D eigenvalue weighted by Gasteiger charge is -2.25. The molecule has 180 valence electrons. The van der Waals surface area contributed by atoms with Gasteiger partial charge in [-0.3, -0.25) is 9.10 Å². The average Bonchev–Trinajstić information content (AvgIpc) is 2.82. The van der Waals surface area contributed by atoms with Crippen molar-refractivity contribution in [2.24, 2.45) is 0 Å². The molecule has 0 heterocycles. The number of nitrogens with one attached hydrogen (secondary N) is 1. The van der Waals surface area contributed by atoms with E-state index in [1.807, 2.05) is 26.0 Å². The van der Waals surface area contributed by atoms with Crippen molar-refractivity contribution in [3.05, 3.63) is 89.0 Å². The number of aryl methyl sites for hydroxylation is 1. The second-order valence-corrected chi connectivity index (χ2v) is 9.87. The van der Waals surface area contributed by atoms with Crippen LogP contribution in [0.2, 0.25) is 0 Å². The topological polar surface area (TPSA) is 84.9 Å². The van der Waals surface area contributed by atoms with Gasteiger partial charge in [-0.05, 0) is 73.0 Å². The van der Waals surface area contributed by atoms with E-state index in [9.17, 15) is 13.2 Å². The van der Waals surface area contributed by atoms with Crippen LogP contribution in [0.4, 0.5) is 5.69 Å². The Kier molecular flexibility index (Phi) is 8.17. The van der Waals surface area contributed by atoms with Gasteiger partial charge >= 0.3 is 0 Å². The van der Waals surface area contributed by atoms with Gasteiger partial charge in [-0.15, -0.1) is 0 Å². The SMILES string of the molecule is COc1ccc(OCCNC(=O)c2ccc(CN(c3cccc(C)c3C)S(C)(=O)=O)cc2)cc1. The molecule has 8 heteroatoms. The molecule has 0 radical (unpaired) electrons. The van der Waals surface area contributed by atoms with E-state index in [0.717, 1.165) is 22.4 Å². The molecule has 0 spiro atoms. The van der Waals surface area contributed by atoms with Gasteiger partial charge in [-0.2, -0.15) is 0 Å². The van der Waals surface area contributed by atoms with E-state index in [1.165, 1.54) is 10.6 Å². The zero-order chi connectivity index (χ0) is 24.7. The number of methoxy groups -OCH3 is 1. The smallest absolute Gasteiger partial charge is 0.251 e. The first-order chi connectivity index (χ1) is 16.2. The van der Waals surface area contributed by atoms with Crippen molar-refractivity contribution in [3.8, 4) is 11.5 Å². The predicted octanol–water partition coefficient (Wildman–Crippen LogP) is 4.09. The van der Waals surface area contributed by atoms with Crippen molar-refractivity contribution in [2.75, 3.05) is 30.8 Å². The molecule has 3 aromatic carbocycles. The van der Waals surface area contributed by atoms with E-state index in [-0.39, 0.29) is 12.5 Å². The fourth-order valence-electron chi connectivity index (χ4n) is 3.42.